The molecule has 0 aromatic heterocycles. The third kappa shape index (κ3) is 6.01. The van der Waals surface area contributed by atoms with Gasteiger partial charge in [0.25, 0.3) is 5.69 Å². The van der Waals surface area contributed by atoms with E-state index in [4.69, 9.17) is 9.47 Å². The predicted molar refractivity (Wildman–Crippen MR) is 122 cm³/mol. The summed E-state index contributed by atoms with van der Waals surface area (Å²) >= 11 is 3.40. The SMILES string of the molecule is COc1cc(/C=N/Nc2ccc([N+](=O)[O-])cc2[N+](=O)[O-])cc(Br)c1OCc1cccc(F)c1. The number of halogens is 2. The molecule has 0 aliphatic heterocycles. The van der Waals surface area contributed by atoms with Gasteiger partial charge in [-0.15, -0.1) is 0 Å². The van der Waals surface area contributed by atoms with Crippen LogP contribution in [-0.4, -0.2) is 23.2 Å². The summed E-state index contributed by atoms with van der Waals surface area (Å²) in [5.41, 5.74) is 2.82. The van der Waals surface area contributed by atoms with Crippen LogP contribution in [0.25, 0.3) is 0 Å². The van der Waals surface area contributed by atoms with Gasteiger partial charge in [0, 0.05) is 6.07 Å². The number of hydrogen-bond donors (Lipinski definition) is 1. The molecular weight excluding hydrogens is 503 g/mol. The van der Waals surface area contributed by atoms with Crippen LogP contribution in [0.5, 0.6) is 11.5 Å². The minimum atomic E-state index is -0.741. The van der Waals surface area contributed by atoms with Crippen molar-refractivity contribution >= 4 is 39.2 Å². The average molecular weight is 519 g/mol. The zero-order chi connectivity index (χ0) is 24.0. The maximum Gasteiger partial charge on any atom is 0.301 e. The van der Waals surface area contributed by atoms with Gasteiger partial charge in [-0.1, -0.05) is 12.1 Å². The largest absolute Gasteiger partial charge is 0.493 e. The van der Waals surface area contributed by atoms with Crippen molar-refractivity contribution in [3.8, 4) is 11.5 Å². The number of nitrogens with one attached hydrogen (secondary N) is 1. The van der Waals surface area contributed by atoms with E-state index in [9.17, 15) is 24.6 Å². The highest BCUT2D eigenvalue weighted by Crippen LogP contribution is 2.37. The third-order valence-corrected chi connectivity index (χ3v) is 4.90. The van der Waals surface area contributed by atoms with E-state index in [1.807, 2.05) is 0 Å². The zero-order valence-corrected chi connectivity index (χ0v) is 18.6. The number of ether oxygens (including phenoxy) is 2. The molecule has 0 radical (unpaired) electrons. The molecule has 170 valence electrons. The number of hydrogen-bond acceptors (Lipinski definition) is 8. The van der Waals surface area contributed by atoms with Gasteiger partial charge in [-0.2, -0.15) is 5.10 Å². The van der Waals surface area contributed by atoms with Crippen molar-refractivity contribution in [1.82, 2.24) is 0 Å². The topological polar surface area (TPSA) is 129 Å². The molecule has 3 aromatic carbocycles. The molecule has 0 heterocycles. The molecule has 0 bridgehead atoms. The quantitative estimate of drug-likeness (QED) is 0.227. The minimum Gasteiger partial charge on any atom is -0.493 e. The summed E-state index contributed by atoms with van der Waals surface area (Å²) in [6, 6.07) is 12.5. The number of anilines is 1. The second kappa shape index (κ2) is 10.5. The summed E-state index contributed by atoms with van der Waals surface area (Å²) < 4.78 is 25.0. The highest BCUT2D eigenvalue weighted by molar-refractivity contribution is 9.10. The number of non-ortho nitro benzene ring substituents is 1. The third-order valence-electron chi connectivity index (χ3n) is 4.31. The summed E-state index contributed by atoms with van der Waals surface area (Å²) in [6.07, 6.45) is 1.38. The Morgan fingerprint density at radius 2 is 1.91 bits per heavy atom. The summed E-state index contributed by atoms with van der Waals surface area (Å²) in [5, 5.41) is 26.0. The van der Waals surface area contributed by atoms with Gasteiger partial charge in [-0.05, 0) is 57.4 Å². The number of nitrogens with zero attached hydrogens (tertiary/aromatic N) is 3. The van der Waals surface area contributed by atoms with Crippen LogP contribution in [0.3, 0.4) is 0 Å². The molecule has 0 fully saturated rings. The number of nitro benzene ring substituents is 2. The second-order valence-electron chi connectivity index (χ2n) is 6.54. The van der Waals surface area contributed by atoms with Crippen molar-refractivity contribution in [1.29, 1.82) is 0 Å². The normalized spacial score (nSPS) is 10.8. The number of nitro groups is 2. The van der Waals surface area contributed by atoms with E-state index in [-0.39, 0.29) is 18.1 Å². The number of rotatable bonds is 9. The van der Waals surface area contributed by atoms with Crippen LogP contribution in [0, 0.1) is 26.0 Å². The van der Waals surface area contributed by atoms with Crippen LogP contribution in [-0.2, 0) is 6.61 Å². The molecule has 3 aromatic rings. The van der Waals surface area contributed by atoms with Crippen LogP contribution in [0.15, 0.2) is 64.2 Å². The molecule has 10 nitrogen and oxygen atoms in total. The lowest BCUT2D eigenvalue weighted by molar-refractivity contribution is -0.393. The molecule has 0 saturated carbocycles. The molecule has 1 N–H and O–H groups in total. The molecule has 33 heavy (non-hydrogen) atoms. The van der Waals surface area contributed by atoms with Crippen LogP contribution >= 0.6 is 15.9 Å². The smallest absolute Gasteiger partial charge is 0.301 e. The van der Waals surface area contributed by atoms with Crippen LogP contribution in [0.1, 0.15) is 11.1 Å². The molecular formula is C21H16BrFN4O6. The van der Waals surface area contributed by atoms with E-state index >= 15 is 0 Å². The highest BCUT2D eigenvalue weighted by Gasteiger charge is 2.19. The number of benzene rings is 3. The first-order chi connectivity index (χ1) is 15.8. The molecule has 0 amide bonds. The minimum absolute atomic E-state index is 0.0112. The lowest BCUT2D eigenvalue weighted by Gasteiger charge is -2.13. The van der Waals surface area contributed by atoms with E-state index in [1.165, 1.54) is 31.5 Å². The summed E-state index contributed by atoms with van der Waals surface area (Å²) in [5.74, 6) is 0.413. The Morgan fingerprint density at radius 3 is 2.58 bits per heavy atom. The van der Waals surface area contributed by atoms with E-state index < -0.39 is 21.2 Å². The molecule has 0 spiro atoms. The van der Waals surface area contributed by atoms with Crippen LogP contribution in [0.4, 0.5) is 21.5 Å². The predicted octanol–water partition coefficient (Wildman–Crippen LogP) is 5.44. The van der Waals surface area contributed by atoms with E-state index in [0.717, 1.165) is 12.1 Å². The lowest BCUT2D eigenvalue weighted by atomic mass is 10.2. The summed E-state index contributed by atoms with van der Waals surface area (Å²) in [6.45, 7) is 0.117. The second-order valence-corrected chi connectivity index (χ2v) is 7.39. The van der Waals surface area contributed by atoms with Crippen LogP contribution < -0.4 is 14.9 Å². The van der Waals surface area contributed by atoms with Gasteiger partial charge in [0.2, 0.25) is 0 Å². The Kier molecular flexibility index (Phi) is 7.51. The van der Waals surface area contributed by atoms with Crippen molar-refractivity contribution in [3.05, 3.63) is 96.2 Å². The molecule has 3 rings (SSSR count). The molecule has 0 atom stereocenters. The lowest BCUT2D eigenvalue weighted by Crippen LogP contribution is -2.01. The van der Waals surface area contributed by atoms with Gasteiger partial charge >= 0.3 is 5.69 Å². The van der Waals surface area contributed by atoms with Crippen molar-refractivity contribution in [2.45, 2.75) is 6.61 Å². The van der Waals surface area contributed by atoms with Gasteiger partial charge in [0.05, 0.1) is 33.7 Å². The maximum atomic E-state index is 13.4. The first-order valence-corrected chi connectivity index (χ1v) is 10.0. The Hall–Kier alpha value is -4.06. The van der Waals surface area contributed by atoms with Gasteiger partial charge in [-0.25, -0.2) is 4.39 Å². The fraction of sp³-hybridized carbons (Fsp3) is 0.0952. The molecule has 0 aliphatic rings. The van der Waals surface area contributed by atoms with E-state index in [0.29, 0.717) is 27.1 Å². The summed E-state index contributed by atoms with van der Waals surface area (Å²) in [4.78, 5) is 20.6. The fourth-order valence-electron chi connectivity index (χ4n) is 2.79. The average Bonchev–Trinajstić information content (AvgIpc) is 2.78. The number of hydrazone groups is 1. The highest BCUT2D eigenvalue weighted by atomic mass is 79.9. The van der Waals surface area contributed by atoms with Gasteiger partial charge in [-0.3, -0.25) is 25.7 Å². The summed E-state index contributed by atoms with van der Waals surface area (Å²) in [7, 11) is 1.45. The van der Waals surface area contributed by atoms with Gasteiger partial charge < -0.3 is 9.47 Å². The van der Waals surface area contributed by atoms with Crippen molar-refractivity contribution < 1.29 is 23.7 Å². The standard InChI is InChI=1S/C21H16BrFN4O6/c1-32-20-9-14(8-17(22)21(20)33-12-13-3-2-4-15(23)7-13)11-24-25-18-6-5-16(26(28)29)10-19(18)27(30)31/h2-11,25H,12H2,1H3/b24-11+. The first kappa shape index (κ1) is 23.6. The number of methoxy groups -OCH3 is 1. The Labute approximate surface area is 195 Å². The monoisotopic (exact) mass is 518 g/mol. The Bertz CT molecular complexity index is 1240. The molecule has 12 heteroatoms. The maximum absolute atomic E-state index is 13.4. The van der Waals surface area contributed by atoms with E-state index in [1.54, 1.807) is 24.3 Å². The van der Waals surface area contributed by atoms with Crippen molar-refractivity contribution in [2.24, 2.45) is 5.10 Å². The van der Waals surface area contributed by atoms with Crippen LogP contribution in [0.2, 0.25) is 0 Å². The molecule has 0 unspecified atom stereocenters. The Balaban J connectivity index is 1.77. The van der Waals surface area contributed by atoms with Gasteiger partial charge in [0.1, 0.15) is 18.1 Å². The Morgan fingerprint density at radius 1 is 1.12 bits per heavy atom. The van der Waals surface area contributed by atoms with E-state index in [2.05, 4.69) is 26.5 Å². The molecule has 0 aliphatic carbocycles. The van der Waals surface area contributed by atoms with Crippen molar-refractivity contribution in [2.75, 3.05) is 12.5 Å². The van der Waals surface area contributed by atoms with Crippen molar-refractivity contribution in [3.63, 3.8) is 0 Å². The van der Waals surface area contributed by atoms with Gasteiger partial charge in [0.15, 0.2) is 11.5 Å². The zero-order valence-electron chi connectivity index (χ0n) is 17.0. The molecule has 0 saturated heterocycles. The fourth-order valence-corrected chi connectivity index (χ4v) is 3.37. The first-order valence-electron chi connectivity index (χ1n) is 9.25.